The van der Waals surface area contributed by atoms with Crippen LogP contribution < -0.4 is 5.73 Å². The number of nitrogen functional groups attached to an aromatic ring is 1. The van der Waals surface area contributed by atoms with Gasteiger partial charge in [0.25, 0.3) is 15.8 Å². The Balaban J connectivity index is 1.86. The lowest BCUT2D eigenvalue weighted by Gasteiger charge is -2.35. The summed E-state index contributed by atoms with van der Waals surface area (Å²) in [6, 6.07) is 3.36. The average Bonchev–Trinajstić information content (AvgIpc) is 3.39. The van der Waals surface area contributed by atoms with E-state index in [0.717, 1.165) is 22.8 Å². The maximum Gasteiger partial charge on any atom is 0.492 e. The summed E-state index contributed by atoms with van der Waals surface area (Å²) in [7, 11) is -3.34. The molecule has 1 fully saturated rings. The summed E-state index contributed by atoms with van der Waals surface area (Å²) in [6.07, 6.45) is -9.32. The van der Waals surface area contributed by atoms with Gasteiger partial charge in [-0.05, 0) is 56.0 Å². The van der Waals surface area contributed by atoms with E-state index in [0.29, 0.717) is 12.1 Å². The molecule has 18 heteroatoms. The van der Waals surface area contributed by atoms with Crippen molar-refractivity contribution in [2.24, 2.45) is 0 Å². The summed E-state index contributed by atoms with van der Waals surface area (Å²) in [5.41, 5.74) is 4.08. The standard InChI is InChI=1S/C21H21F6N7O4S/c1-11-4-5-12(8-13(11)14-9-29-16-15(28)30-17(20(22,23)24)31-33(14)16)39(36,37)34(38-18(35)21(25,26)27)19(2)6-7-32(3)10-19/h4-5,8-9H,6-7,10H2,1-3H3,(H2,28,30,31). The van der Waals surface area contributed by atoms with E-state index in [2.05, 4.69) is 19.9 Å². The van der Waals surface area contributed by atoms with E-state index in [1.165, 1.54) is 19.9 Å². The molecule has 1 aliphatic heterocycles. The number of carbonyl (C=O) groups is 1. The minimum atomic E-state index is -5.49. The number of rotatable bonds is 5. The number of halogens is 6. The van der Waals surface area contributed by atoms with Crippen molar-refractivity contribution in [1.82, 2.24) is 29.0 Å². The SMILES string of the molecule is Cc1ccc(S(=O)(=O)N(OC(=O)C(F)(F)F)C2(C)CCN(C)C2)cc1-c1cnc2c(N)nc(C(F)(F)F)nn12. The van der Waals surface area contributed by atoms with Crippen LogP contribution >= 0.6 is 0 Å². The van der Waals surface area contributed by atoms with Crippen molar-refractivity contribution in [1.29, 1.82) is 0 Å². The van der Waals surface area contributed by atoms with Crippen LogP contribution in [0.3, 0.4) is 0 Å². The third kappa shape index (κ3) is 5.22. The summed E-state index contributed by atoms with van der Waals surface area (Å²) in [6.45, 7) is 3.08. The Kier molecular flexibility index (Phi) is 6.80. The number of aromatic nitrogens is 4. The molecule has 0 radical (unpaired) electrons. The van der Waals surface area contributed by atoms with Crippen LogP contribution in [0.25, 0.3) is 16.9 Å². The Labute approximate surface area is 217 Å². The highest BCUT2D eigenvalue weighted by atomic mass is 32.2. The van der Waals surface area contributed by atoms with Crippen LogP contribution in [0, 0.1) is 6.92 Å². The van der Waals surface area contributed by atoms with Gasteiger partial charge in [0.1, 0.15) is 0 Å². The highest BCUT2D eigenvalue weighted by Gasteiger charge is 2.52. The van der Waals surface area contributed by atoms with Gasteiger partial charge in [0.2, 0.25) is 0 Å². The van der Waals surface area contributed by atoms with Crippen molar-refractivity contribution in [3.05, 3.63) is 35.8 Å². The van der Waals surface area contributed by atoms with Crippen molar-refractivity contribution < 1.29 is 44.4 Å². The number of hydrogen-bond acceptors (Lipinski definition) is 9. The molecule has 0 aliphatic carbocycles. The number of likely N-dealkylation sites (tertiary alicyclic amines) is 1. The summed E-state index contributed by atoms with van der Waals surface area (Å²) in [5.74, 6) is -4.90. The predicted octanol–water partition coefficient (Wildman–Crippen LogP) is 2.81. The minimum Gasteiger partial charge on any atom is -0.380 e. The van der Waals surface area contributed by atoms with Crippen LogP contribution in [0.1, 0.15) is 24.7 Å². The number of nitrogens with two attached hydrogens (primary N) is 1. The second kappa shape index (κ2) is 9.30. The zero-order chi connectivity index (χ0) is 29.1. The van der Waals surface area contributed by atoms with E-state index in [4.69, 9.17) is 5.73 Å². The van der Waals surface area contributed by atoms with E-state index in [9.17, 15) is 39.6 Å². The molecule has 1 aromatic carbocycles. The fraction of sp³-hybridized carbons (Fsp3) is 0.429. The highest BCUT2D eigenvalue weighted by Crippen LogP contribution is 2.36. The van der Waals surface area contributed by atoms with Gasteiger partial charge in [0.15, 0.2) is 11.5 Å². The topological polar surface area (TPSA) is 136 Å². The van der Waals surface area contributed by atoms with Gasteiger partial charge in [0, 0.05) is 12.1 Å². The molecule has 39 heavy (non-hydrogen) atoms. The van der Waals surface area contributed by atoms with E-state index >= 15 is 0 Å². The molecule has 1 unspecified atom stereocenters. The molecule has 0 saturated carbocycles. The van der Waals surface area contributed by atoms with Crippen LogP contribution in [0.5, 0.6) is 0 Å². The molecule has 4 rings (SSSR count). The largest absolute Gasteiger partial charge is 0.492 e. The summed E-state index contributed by atoms with van der Waals surface area (Å²) < 4.78 is 107. The molecule has 1 aliphatic rings. The molecular formula is C21H21F6N7O4S. The lowest BCUT2D eigenvalue weighted by Crippen LogP contribution is -2.53. The number of fused-ring (bicyclic) bond motifs is 1. The minimum absolute atomic E-state index is 0.0191. The number of hydroxylamine groups is 1. The summed E-state index contributed by atoms with van der Waals surface area (Å²) in [4.78, 5) is 24.3. The summed E-state index contributed by atoms with van der Waals surface area (Å²) in [5, 5.41) is 3.44. The lowest BCUT2D eigenvalue weighted by molar-refractivity contribution is -0.233. The van der Waals surface area contributed by atoms with E-state index in [-0.39, 0.29) is 34.3 Å². The Bertz CT molecular complexity index is 1560. The Morgan fingerprint density at radius 3 is 2.44 bits per heavy atom. The molecule has 1 saturated heterocycles. The third-order valence-corrected chi connectivity index (χ3v) is 7.93. The molecule has 11 nitrogen and oxygen atoms in total. The van der Waals surface area contributed by atoms with Crippen molar-refractivity contribution in [2.75, 3.05) is 25.9 Å². The first kappa shape index (κ1) is 28.5. The number of hydrogen-bond donors (Lipinski definition) is 1. The quantitative estimate of drug-likeness (QED) is 0.356. The van der Waals surface area contributed by atoms with E-state index in [1.807, 2.05) is 0 Å². The zero-order valence-corrected chi connectivity index (χ0v) is 21.3. The van der Waals surface area contributed by atoms with Crippen LogP contribution in [0.15, 0.2) is 29.3 Å². The fourth-order valence-electron chi connectivity index (χ4n) is 4.24. The maximum atomic E-state index is 13.7. The van der Waals surface area contributed by atoms with Gasteiger partial charge >= 0.3 is 18.3 Å². The third-order valence-electron chi connectivity index (χ3n) is 6.12. The van der Waals surface area contributed by atoms with Gasteiger partial charge in [-0.15, -0.1) is 5.10 Å². The molecule has 0 spiro atoms. The first-order valence-corrected chi connectivity index (χ1v) is 12.5. The molecule has 0 bridgehead atoms. The number of likely N-dealkylation sites (N-methyl/N-ethyl adjacent to an activating group) is 1. The number of alkyl halides is 6. The molecule has 3 aromatic rings. The number of benzene rings is 1. The molecule has 2 N–H and O–H groups in total. The van der Waals surface area contributed by atoms with Crippen LogP contribution in [-0.4, -0.2) is 75.2 Å². The van der Waals surface area contributed by atoms with Crippen molar-refractivity contribution >= 4 is 27.5 Å². The predicted molar refractivity (Wildman–Crippen MR) is 122 cm³/mol. The number of sulfonamides is 1. The van der Waals surface area contributed by atoms with Gasteiger partial charge in [-0.3, -0.25) is 0 Å². The van der Waals surface area contributed by atoms with Gasteiger partial charge in [-0.25, -0.2) is 27.7 Å². The van der Waals surface area contributed by atoms with Crippen molar-refractivity contribution in [3.63, 3.8) is 0 Å². The molecule has 2 aromatic heterocycles. The van der Waals surface area contributed by atoms with Gasteiger partial charge < -0.3 is 15.5 Å². The Morgan fingerprint density at radius 1 is 1.21 bits per heavy atom. The van der Waals surface area contributed by atoms with Gasteiger partial charge in [-0.1, -0.05) is 6.07 Å². The molecule has 0 amide bonds. The van der Waals surface area contributed by atoms with Crippen molar-refractivity contribution in [3.8, 4) is 11.3 Å². The number of imidazole rings is 1. The average molecular weight is 581 g/mol. The number of anilines is 1. The second-order valence-corrected chi connectivity index (χ2v) is 11.0. The lowest BCUT2D eigenvalue weighted by atomic mass is 10.0. The number of carbonyl (C=O) groups excluding carboxylic acids is 1. The molecule has 3 heterocycles. The normalized spacial score (nSPS) is 19.2. The van der Waals surface area contributed by atoms with E-state index < -0.39 is 50.4 Å². The molecular weight excluding hydrogens is 560 g/mol. The fourth-order valence-corrected chi connectivity index (χ4v) is 5.83. The maximum absolute atomic E-state index is 13.7. The van der Waals surface area contributed by atoms with Gasteiger partial charge in [0.05, 0.1) is 22.3 Å². The van der Waals surface area contributed by atoms with Crippen LogP contribution in [-0.2, 0) is 25.8 Å². The highest BCUT2D eigenvalue weighted by molar-refractivity contribution is 7.89. The van der Waals surface area contributed by atoms with Crippen LogP contribution in [0.2, 0.25) is 0 Å². The monoisotopic (exact) mass is 581 g/mol. The van der Waals surface area contributed by atoms with E-state index in [1.54, 1.807) is 11.9 Å². The number of nitrogens with zero attached hydrogens (tertiary/aromatic N) is 6. The first-order valence-electron chi connectivity index (χ1n) is 11.1. The van der Waals surface area contributed by atoms with Gasteiger partial charge in [-0.2, -0.15) is 26.3 Å². The van der Waals surface area contributed by atoms with Crippen molar-refractivity contribution in [2.45, 2.75) is 43.1 Å². The Hall–Kier alpha value is -3.51. The number of aryl methyl sites for hydroxylation is 1. The van der Waals surface area contributed by atoms with Crippen LogP contribution in [0.4, 0.5) is 32.2 Å². The summed E-state index contributed by atoms with van der Waals surface area (Å²) >= 11 is 0. The Morgan fingerprint density at radius 2 is 1.87 bits per heavy atom. The first-order chi connectivity index (χ1) is 17.8. The molecule has 212 valence electrons. The second-order valence-electron chi connectivity index (χ2n) is 9.27. The molecule has 1 atom stereocenters. The smallest absolute Gasteiger partial charge is 0.380 e. The zero-order valence-electron chi connectivity index (χ0n) is 20.5.